The van der Waals surface area contributed by atoms with E-state index in [0.29, 0.717) is 46.8 Å². The fraction of sp³-hybridized carbons (Fsp3) is 0.387. The van der Waals surface area contributed by atoms with Gasteiger partial charge in [-0.05, 0) is 66.1 Å². The first kappa shape index (κ1) is 31.2. The van der Waals surface area contributed by atoms with E-state index < -0.39 is 17.7 Å². The number of rotatable bonds is 7. The molecule has 1 aliphatic rings. The van der Waals surface area contributed by atoms with Crippen LogP contribution in [0.5, 0.6) is 34.5 Å². The highest BCUT2D eigenvalue weighted by Gasteiger charge is 2.36. The lowest BCUT2D eigenvalue weighted by molar-refractivity contribution is -0.137. The maximum Gasteiger partial charge on any atom is 0.416 e. The molecular formula is C31H32ClF3O7. The molecule has 7 nitrogen and oxygen atoms in total. The molecule has 0 saturated carbocycles. The number of carbonyl (C=O) groups is 1. The topological polar surface area (TPSA) is 72.5 Å². The van der Waals surface area contributed by atoms with E-state index >= 15 is 0 Å². The van der Waals surface area contributed by atoms with Gasteiger partial charge in [0.1, 0.15) is 0 Å². The molecule has 0 heterocycles. The molecule has 3 aromatic rings. The van der Waals surface area contributed by atoms with Crippen molar-refractivity contribution in [3.8, 4) is 45.6 Å². The summed E-state index contributed by atoms with van der Waals surface area (Å²) in [6, 6.07) is 5.60. The van der Waals surface area contributed by atoms with Gasteiger partial charge in [-0.2, -0.15) is 13.2 Å². The van der Waals surface area contributed by atoms with Crippen molar-refractivity contribution in [1.29, 1.82) is 0 Å². The molecule has 0 amide bonds. The molecule has 226 valence electrons. The van der Waals surface area contributed by atoms with Crippen LogP contribution in [0.3, 0.4) is 0 Å². The van der Waals surface area contributed by atoms with Crippen LogP contribution in [0.4, 0.5) is 13.2 Å². The zero-order valence-electron chi connectivity index (χ0n) is 24.3. The van der Waals surface area contributed by atoms with Crippen LogP contribution < -0.4 is 28.4 Å². The first-order valence-corrected chi connectivity index (χ1v) is 13.5. The van der Waals surface area contributed by atoms with E-state index in [1.165, 1.54) is 35.5 Å². The molecule has 2 unspecified atom stereocenters. The number of esters is 1. The molecule has 0 aliphatic heterocycles. The van der Waals surface area contributed by atoms with E-state index in [0.717, 1.165) is 29.8 Å². The van der Waals surface area contributed by atoms with Gasteiger partial charge in [-0.1, -0.05) is 25.4 Å². The Labute approximate surface area is 247 Å². The van der Waals surface area contributed by atoms with E-state index in [1.54, 1.807) is 0 Å². The molecular weight excluding hydrogens is 577 g/mol. The Morgan fingerprint density at radius 2 is 1.33 bits per heavy atom. The number of ether oxygens (including phenoxy) is 6. The zero-order valence-corrected chi connectivity index (χ0v) is 25.1. The molecule has 11 heteroatoms. The summed E-state index contributed by atoms with van der Waals surface area (Å²) >= 11 is 6.98. The van der Waals surface area contributed by atoms with Crippen LogP contribution in [0.2, 0.25) is 5.02 Å². The van der Waals surface area contributed by atoms with Crippen molar-refractivity contribution in [2.75, 3.05) is 35.5 Å². The largest absolute Gasteiger partial charge is 0.493 e. The molecule has 2 atom stereocenters. The molecule has 0 N–H and O–H groups in total. The lowest BCUT2D eigenvalue weighted by atomic mass is 9.77. The molecule has 0 aromatic heterocycles. The summed E-state index contributed by atoms with van der Waals surface area (Å²) in [6.45, 7) is 4.22. The molecule has 42 heavy (non-hydrogen) atoms. The second-order valence-corrected chi connectivity index (χ2v) is 10.4. The third-order valence-electron chi connectivity index (χ3n) is 7.66. The summed E-state index contributed by atoms with van der Waals surface area (Å²) < 4.78 is 73.9. The van der Waals surface area contributed by atoms with Crippen LogP contribution >= 0.6 is 11.6 Å². The molecule has 1 aliphatic carbocycles. The van der Waals surface area contributed by atoms with Crippen LogP contribution in [0.1, 0.15) is 40.9 Å². The van der Waals surface area contributed by atoms with Crippen molar-refractivity contribution in [3.05, 3.63) is 57.6 Å². The number of fused-ring (bicyclic) bond motifs is 3. The summed E-state index contributed by atoms with van der Waals surface area (Å²) in [7, 11) is 7.27. The normalized spacial score (nSPS) is 16.4. The minimum absolute atomic E-state index is 0.0211. The van der Waals surface area contributed by atoms with Crippen LogP contribution in [-0.4, -0.2) is 41.5 Å². The Kier molecular flexibility index (Phi) is 9.06. The first-order valence-electron chi connectivity index (χ1n) is 13.1. The average molecular weight is 609 g/mol. The van der Waals surface area contributed by atoms with Gasteiger partial charge < -0.3 is 28.4 Å². The van der Waals surface area contributed by atoms with Crippen LogP contribution in [0.25, 0.3) is 11.1 Å². The van der Waals surface area contributed by atoms with Crippen LogP contribution in [0, 0.1) is 11.8 Å². The quantitative estimate of drug-likeness (QED) is 0.201. The van der Waals surface area contributed by atoms with Gasteiger partial charge in [0.15, 0.2) is 23.0 Å². The Morgan fingerprint density at radius 1 is 0.762 bits per heavy atom. The number of benzene rings is 3. The third-order valence-corrected chi connectivity index (χ3v) is 8.06. The van der Waals surface area contributed by atoms with E-state index in [9.17, 15) is 18.0 Å². The van der Waals surface area contributed by atoms with Crippen LogP contribution in [0.15, 0.2) is 30.3 Å². The van der Waals surface area contributed by atoms with Crippen molar-refractivity contribution < 1.29 is 46.4 Å². The van der Waals surface area contributed by atoms with Gasteiger partial charge in [0.25, 0.3) is 0 Å². The fourth-order valence-electron chi connectivity index (χ4n) is 5.28. The number of carbonyl (C=O) groups excluding carboxylic acids is 1. The predicted octanol–water partition coefficient (Wildman–Crippen LogP) is 7.66. The lowest BCUT2D eigenvalue weighted by Gasteiger charge is -2.31. The number of hydrogen-bond donors (Lipinski definition) is 0. The molecule has 4 rings (SSSR count). The van der Waals surface area contributed by atoms with Gasteiger partial charge in [-0.25, -0.2) is 4.79 Å². The Morgan fingerprint density at radius 3 is 1.86 bits per heavy atom. The number of methoxy groups -OCH3 is 5. The fourth-order valence-corrected chi connectivity index (χ4v) is 5.62. The summed E-state index contributed by atoms with van der Waals surface area (Å²) in [5.41, 5.74) is 1.43. The van der Waals surface area contributed by atoms with Gasteiger partial charge in [0.2, 0.25) is 11.5 Å². The van der Waals surface area contributed by atoms with E-state index in [1.807, 2.05) is 6.07 Å². The maximum absolute atomic E-state index is 13.5. The minimum atomic E-state index is -4.56. The molecule has 3 aromatic carbocycles. The zero-order chi connectivity index (χ0) is 30.9. The summed E-state index contributed by atoms with van der Waals surface area (Å²) in [6.07, 6.45) is -3.46. The predicted molar refractivity (Wildman–Crippen MR) is 152 cm³/mol. The standard InChI is InChI=1S/C31H32ClF3O7/c1-15-12-18-14-21(37-3)25(38-4)26(39-5)22(18)23-20(13-16(15)2)24(32)28(40-6)29(41-7)27(23)42-30(36)17-8-10-19(11-9-17)31(33,34)35/h8-11,14-16H,12-13H2,1-7H3. The van der Waals surface area contributed by atoms with Gasteiger partial charge >= 0.3 is 12.1 Å². The molecule has 0 spiro atoms. The SMILES string of the molecule is COc1cc2c(c(OC)c1OC)-c1c(c(Cl)c(OC)c(OC)c1OC(=O)c1ccc(C(F)(F)F)cc1)CC(C)C(C)C2. The monoisotopic (exact) mass is 608 g/mol. The number of alkyl halides is 3. The molecule has 0 bridgehead atoms. The average Bonchev–Trinajstić information content (AvgIpc) is 2.96. The molecule has 0 fully saturated rings. The third kappa shape index (κ3) is 5.52. The van der Waals surface area contributed by atoms with Gasteiger partial charge in [-0.15, -0.1) is 0 Å². The highest BCUT2D eigenvalue weighted by atomic mass is 35.5. The van der Waals surface area contributed by atoms with Gasteiger partial charge in [-0.3, -0.25) is 0 Å². The lowest BCUT2D eigenvalue weighted by Crippen LogP contribution is -2.20. The van der Waals surface area contributed by atoms with Gasteiger partial charge in [0.05, 0.1) is 51.7 Å². The second-order valence-electron chi connectivity index (χ2n) is 10.1. The Bertz CT molecular complexity index is 1490. The van der Waals surface area contributed by atoms with E-state index in [-0.39, 0.29) is 39.7 Å². The summed E-state index contributed by atoms with van der Waals surface area (Å²) in [5.74, 6) is 0.671. The molecule has 0 radical (unpaired) electrons. The van der Waals surface area contributed by atoms with E-state index in [2.05, 4.69) is 13.8 Å². The number of hydrogen-bond acceptors (Lipinski definition) is 7. The number of halogens is 4. The minimum Gasteiger partial charge on any atom is -0.493 e. The smallest absolute Gasteiger partial charge is 0.416 e. The first-order chi connectivity index (χ1) is 19.9. The highest BCUT2D eigenvalue weighted by Crippen LogP contribution is 2.58. The second kappa shape index (κ2) is 12.2. The van der Waals surface area contributed by atoms with Crippen molar-refractivity contribution in [3.63, 3.8) is 0 Å². The Hall–Kier alpha value is -3.79. The van der Waals surface area contributed by atoms with Crippen molar-refractivity contribution in [1.82, 2.24) is 0 Å². The maximum atomic E-state index is 13.5. The summed E-state index contributed by atoms with van der Waals surface area (Å²) in [5, 5.41) is 0.266. The highest BCUT2D eigenvalue weighted by molar-refractivity contribution is 6.34. The summed E-state index contributed by atoms with van der Waals surface area (Å²) in [4.78, 5) is 13.5. The van der Waals surface area contributed by atoms with Gasteiger partial charge in [0, 0.05) is 11.1 Å². The van der Waals surface area contributed by atoms with Crippen molar-refractivity contribution >= 4 is 17.6 Å². The molecule has 0 saturated heterocycles. The van der Waals surface area contributed by atoms with Crippen LogP contribution in [-0.2, 0) is 19.0 Å². The van der Waals surface area contributed by atoms with E-state index in [4.69, 9.17) is 40.0 Å². The van der Waals surface area contributed by atoms with Crippen molar-refractivity contribution in [2.45, 2.75) is 32.9 Å². The Balaban J connectivity index is 2.07. The van der Waals surface area contributed by atoms with Crippen molar-refractivity contribution in [2.24, 2.45) is 11.8 Å².